The van der Waals surface area contributed by atoms with E-state index in [-0.39, 0.29) is 6.61 Å². The third kappa shape index (κ3) is 5.47. The number of hydrogen-bond acceptors (Lipinski definition) is 3. The zero-order chi connectivity index (χ0) is 15.3. The number of ether oxygens (including phenoxy) is 1. The summed E-state index contributed by atoms with van der Waals surface area (Å²) in [5.74, 6) is 0. The van der Waals surface area contributed by atoms with Gasteiger partial charge in [0.1, 0.15) is 6.61 Å². The molecule has 0 aliphatic carbocycles. The second kappa shape index (κ2) is 7.04. The highest BCUT2D eigenvalue weighted by atomic mass is 35.5. The van der Waals surface area contributed by atoms with Gasteiger partial charge in [0.05, 0.1) is 6.54 Å². The third-order valence-corrected chi connectivity index (χ3v) is 3.36. The van der Waals surface area contributed by atoms with Crippen molar-refractivity contribution in [2.75, 3.05) is 32.7 Å². The van der Waals surface area contributed by atoms with Crippen molar-refractivity contribution in [2.24, 2.45) is 0 Å². The first-order valence-electron chi connectivity index (χ1n) is 6.69. The Balaban J connectivity index is 1.73. The highest BCUT2D eigenvalue weighted by Gasteiger charge is 2.31. The molecule has 1 aliphatic heterocycles. The topological polar surface area (TPSA) is 32.8 Å². The number of nitrogens with zero attached hydrogens (tertiary/aromatic N) is 2. The summed E-state index contributed by atoms with van der Waals surface area (Å²) in [4.78, 5) is 14.9. The average Bonchev–Trinajstić information content (AvgIpc) is 2.45. The minimum atomic E-state index is -3.23. The molecule has 2 rings (SSSR count). The molecule has 1 amide bonds. The summed E-state index contributed by atoms with van der Waals surface area (Å²) in [6.07, 6.45) is -0.420. The zero-order valence-electron chi connectivity index (χ0n) is 11.5. The van der Waals surface area contributed by atoms with Crippen molar-refractivity contribution >= 4 is 17.7 Å². The molecule has 4 nitrogen and oxygen atoms in total. The van der Waals surface area contributed by atoms with Crippen molar-refractivity contribution in [3.05, 3.63) is 35.9 Å². The minimum Gasteiger partial charge on any atom is -0.445 e. The highest BCUT2D eigenvalue weighted by molar-refractivity contribution is 6.21. The lowest BCUT2D eigenvalue weighted by atomic mass is 10.2. The Morgan fingerprint density at radius 1 is 1.19 bits per heavy atom. The standard InChI is InChI=1S/C14H17ClF2N2O2/c15-14(16,17)11-18-6-8-19(9-7-18)13(20)21-10-12-4-2-1-3-5-12/h1-5H,6-11H2. The van der Waals surface area contributed by atoms with Gasteiger partial charge < -0.3 is 9.64 Å². The van der Waals surface area contributed by atoms with E-state index in [1.165, 1.54) is 9.80 Å². The van der Waals surface area contributed by atoms with Gasteiger partial charge in [0.15, 0.2) is 0 Å². The average molecular weight is 319 g/mol. The first kappa shape index (κ1) is 16.0. The molecule has 0 aromatic heterocycles. The molecule has 21 heavy (non-hydrogen) atoms. The zero-order valence-corrected chi connectivity index (χ0v) is 12.2. The largest absolute Gasteiger partial charge is 0.445 e. The van der Waals surface area contributed by atoms with E-state index in [0.29, 0.717) is 26.2 Å². The Labute approximate surface area is 127 Å². The van der Waals surface area contributed by atoms with Crippen LogP contribution in [0.3, 0.4) is 0 Å². The molecule has 0 spiro atoms. The Kier molecular flexibility index (Phi) is 5.36. The maximum absolute atomic E-state index is 12.7. The molecular formula is C14H17ClF2N2O2. The van der Waals surface area contributed by atoms with Crippen LogP contribution in [0.2, 0.25) is 0 Å². The van der Waals surface area contributed by atoms with Gasteiger partial charge in [-0.15, -0.1) is 0 Å². The summed E-state index contributed by atoms with van der Waals surface area (Å²) in [6, 6.07) is 9.36. The lowest BCUT2D eigenvalue weighted by Crippen LogP contribution is -2.50. The van der Waals surface area contributed by atoms with Gasteiger partial charge in [-0.3, -0.25) is 4.90 Å². The smallest absolute Gasteiger partial charge is 0.410 e. The molecule has 0 unspecified atom stereocenters. The summed E-state index contributed by atoms with van der Waals surface area (Å²) in [5, 5.41) is -3.23. The Morgan fingerprint density at radius 2 is 1.81 bits per heavy atom. The van der Waals surface area contributed by atoms with Gasteiger partial charge in [0, 0.05) is 26.2 Å². The summed E-state index contributed by atoms with van der Waals surface area (Å²) < 4.78 is 30.6. The van der Waals surface area contributed by atoms with Gasteiger partial charge in [-0.2, -0.15) is 8.78 Å². The molecule has 1 heterocycles. The molecule has 0 atom stereocenters. The number of rotatable bonds is 4. The van der Waals surface area contributed by atoms with Crippen LogP contribution >= 0.6 is 11.6 Å². The number of halogens is 3. The molecule has 0 bridgehead atoms. The fraction of sp³-hybridized carbons (Fsp3) is 0.500. The van der Waals surface area contributed by atoms with Crippen LogP contribution in [0.4, 0.5) is 13.6 Å². The van der Waals surface area contributed by atoms with Gasteiger partial charge in [-0.25, -0.2) is 4.79 Å². The van der Waals surface area contributed by atoms with Crippen molar-refractivity contribution in [2.45, 2.75) is 12.0 Å². The van der Waals surface area contributed by atoms with Crippen molar-refractivity contribution < 1.29 is 18.3 Å². The van der Waals surface area contributed by atoms with Crippen LogP contribution in [0.25, 0.3) is 0 Å². The van der Waals surface area contributed by atoms with E-state index in [1.807, 2.05) is 30.3 Å². The van der Waals surface area contributed by atoms with E-state index in [2.05, 4.69) is 0 Å². The quantitative estimate of drug-likeness (QED) is 0.800. The molecule has 7 heteroatoms. The number of hydrogen-bond donors (Lipinski definition) is 0. The number of carbonyl (C=O) groups excluding carboxylic acids is 1. The number of carbonyl (C=O) groups is 1. The predicted octanol–water partition coefficient (Wildman–Crippen LogP) is 2.77. The maximum Gasteiger partial charge on any atom is 0.410 e. The van der Waals surface area contributed by atoms with E-state index in [1.54, 1.807) is 0 Å². The van der Waals surface area contributed by atoms with Gasteiger partial charge in [0.2, 0.25) is 0 Å². The summed E-state index contributed by atoms with van der Waals surface area (Å²) in [5.41, 5.74) is 0.909. The molecule has 1 fully saturated rings. The molecule has 116 valence electrons. The number of amides is 1. The molecular weight excluding hydrogens is 302 g/mol. The van der Waals surface area contributed by atoms with Gasteiger partial charge in [0.25, 0.3) is 0 Å². The van der Waals surface area contributed by atoms with Crippen molar-refractivity contribution in [3.8, 4) is 0 Å². The minimum absolute atomic E-state index is 0.208. The van der Waals surface area contributed by atoms with Crippen LogP contribution in [-0.4, -0.2) is 54.0 Å². The Bertz CT molecular complexity index is 460. The van der Waals surface area contributed by atoms with Gasteiger partial charge >= 0.3 is 11.5 Å². The summed E-state index contributed by atoms with van der Waals surface area (Å²) in [6.45, 7) is 1.16. The van der Waals surface area contributed by atoms with Crippen molar-refractivity contribution in [1.82, 2.24) is 9.80 Å². The SMILES string of the molecule is O=C(OCc1ccccc1)N1CCN(CC(F)(F)Cl)CC1. The van der Waals surface area contributed by atoms with E-state index >= 15 is 0 Å². The lowest BCUT2D eigenvalue weighted by Gasteiger charge is -2.34. The second-order valence-corrected chi connectivity index (χ2v) is 5.47. The van der Waals surface area contributed by atoms with Crippen LogP contribution in [0.5, 0.6) is 0 Å². The predicted molar refractivity (Wildman–Crippen MR) is 75.4 cm³/mol. The fourth-order valence-electron chi connectivity index (χ4n) is 2.15. The van der Waals surface area contributed by atoms with E-state index in [0.717, 1.165) is 5.56 Å². The van der Waals surface area contributed by atoms with Crippen LogP contribution in [0, 0.1) is 0 Å². The fourth-order valence-corrected chi connectivity index (χ4v) is 2.32. The normalized spacial score (nSPS) is 16.8. The van der Waals surface area contributed by atoms with E-state index < -0.39 is 18.0 Å². The first-order valence-corrected chi connectivity index (χ1v) is 7.06. The first-order chi connectivity index (χ1) is 9.94. The van der Waals surface area contributed by atoms with Crippen LogP contribution in [-0.2, 0) is 11.3 Å². The summed E-state index contributed by atoms with van der Waals surface area (Å²) in [7, 11) is 0. The summed E-state index contributed by atoms with van der Waals surface area (Å²) >= 11 is 4.90. The molecule has 0 saturated carbocycles. The van der Waals surface area contributed by atoms with Gasteiger partial charge in [-0.1, -0.05) is 30.3 Å². The maximum atomic E-state index is 12.7. The lowest BCUT2D eigenvalue weighted by molar-refractivity contribution is 0.0221. The van der Waals surface area contributed by atoms with Crippen molar-refractivity contribution in [3.63, 3.8) is 0 Å². The highest BCUT2D eigenvalue weighted by Crippen LogP contribution is 2.20. The number of benzene rings is 1. The van der Waals surface area contributed by atoms with E-state index in [9.17, 15) is 13.6 Å². The molecule has 1 saturated heterocycles. The second-order valence-electron chi connectivity index (χ2n) is 4.92. The Morgan fingerprint density at radius 3 is 2.38 bits per heavy atom. The van der Waals surface area contributed by atoms with Gasteiger partial charge in [-0.05, 0) is 17.2 Å². The van der Waals surface area contributed by atoms with Crippen molar-refractivity contribution in [1.29, 1.82) is 0 Å². The Hall–Kier alpha value is -1.40. The number of piperazine rings is 1. The molecule has 0 radical (unpaired) electrons. The number of alkyl halides is 3. The molecule has 1 aromatic carbocycles. The molecule has 1 aromatic rings. The molecule has 0 N–H and O–H groups in total. The molecule has 1 aliphatic rings. The van der Waals surface area contributed by atoms with Crippen LogP contribution in [0.1, 0.15) is 5.56 Å². The third-order valence-electron chi connectivity index (χ3n) is 3.24. The van der Waals surface area contributed by atoms with E-state index in [4.69, 9.17) is 16.3 Å². The van der Waals surface area contributed by atoms with Crippen LogP contribution < -0.4 is 0 Å². The van der Waals surface area contributed by atoms with Crippen LogP contribution in [0.15, 0.2) is 30.3 Å². The monoisotopic (exact) mass is 318 g/mol.